The molecular formula is C17H16N2O2. The summed E-state index contributed by atoms with van der Waals surface area (Å²) in [6.07, 6.45) is 0.488. The van der Waals surface area contributed by atoms with Crippen molar-refractivity contribution < 1.29 is 9.53 Å². The highest BCUT2D eigenvalue weighted by Gasteiger charge is 2.20. The molecule has 0 atom stereocenters. The molecule has 0 spiro atoms. The Morgan fingerprint density at radius 1 is 1.19 bits per heavy atom. The van der Waals surface area contributed by atoms with Gasteiger partial charge in [0.15, 0.2) is 0 Å². The molecule has 4 nitrogen and oxygen atoms in total. The average Bonchev–Trinajstić information content (AvgIpc) is 2.55. The number of fused-ring (bicyclic) bond motifs is 1. The fraction of sp³-hybridized carbons (Fsp3) is 0.176. The molecule has 2 aromatic rings. The molecule has 1 aliphatic rings. The number of carbonyl (C=O) groups is 1. The van der Waals surface area contributed by atoms with Crippen molar-refractivity contribution in [1.29, 1.82) is 0 Å². The third-order valence-corrected chi connectivity index (χ3v) is 3.39. The molecule has 1 aliphatic heterocycles. The molecule has 0 radical (unpaired) electrons. The maximum Gasteiger partial charge on any atom is 0.354 e. The molecule has 0 bridgehead atoms. The number of hydrogen-bond acceptors (Lipinski definition) is 4. The van der Waals surface area contributed by atoms with Crippen LogP contribution in [0.4, 0.5) is 5.69 Å². The molecule has 0 aromatic heterocycles. The van der Waals surface area contributed by atoms with Crippen molar-refractivity contribution in [2.45, 2.75) is 13.3 Å². The third kappa shape index (κ3) is 2.79. The molecular weight excluding hydrogens is 264 g/mol. The van der Waals surface area contributed by atoms with Gasteiger partial charge in [0.25, 0.3) is 0 Å². The van der Waals surface area contributed by atoms with Crippen LogP contribution in [0, 0.1) is 0 Å². The van der Waals surface area contributed by atoms with Gasteiger partial charge in [-0.15, -0.1) is 0 Å². The van der Waals surface area contributed by atoms with Crippen LogP contribution in [0.2, 0.25) is 0 Å². The van der Waals surface area contributed by atoms with E-state index in [-0.39, 0.29) is 5.97 Å². The van der Waals surface area contributed by atoms with Crippen molar-refractivity contribution in [2.24, 2.45) is 5.10 Å². The molecule has 106 valence electrons. The lowest BCUT2D eigenvalue weighted by Gasteiger charge is -2.17. The van der Waals surface area contributed by atoms with Gasteiger partial charge in [0.05, 0.1) is 12.3 Å². The Hall–Kier alpha value is -2.62. The first kappa shape index (κ1) is 13.4. The van der Waals surface area contributed by atoms with Gasteiger partial charge in [-0.1, -0.05) is 36.4 Å². The van der Waals surface area contributed by atoms with Gasteiger partial charge in [0.2, 0.25) is 0 Å². The van der Waals surface area contributed by atoms with Crippen LogP contribution < -0.4 is 5.43 Å². The predicted molar refractivity (Wildman–Crippen MR) is 83.3 cm³/mol. The van der Waals surface area contributed by atoms with Crippen molar-refractivity contribution in [2.75, 3.05) is 12.0 Å². The summed E-state index contributed by atoms with van der Waals surface area (Å²) in [5.74, 6) is -0.360. The van der Waals surface area contributed by atoms with Crippen LogP contribution in [0.5, 0.6) is 0 Å². The van der Waals surface area contributed by atoms with E-state index in [1.807, 2.05) is 30.3 Å². The van der Waals surface area contributed by atoms with Gasteiger partial charge in [-0.2, -0.15) is 5.10 Å². The number of anilines is 1. The molecule has 1 heterocycles. The smallest absolute Gasteiger partial charge is 0.354 e. The number of ether oxygens (including phenoxy) is 1. The third-order valence-electron chi connectivity index (χ3n) is 3.39. The number of carbonyl (C=O) groups excluding carboxylic acids is 1. The molecule has 4 heteroatoms. The van der Waals surface area contributed by atoms with E-state index >= 15 is 0 Å². The topological polar surface area (TPSA) is 50.7 Å². The zero-order valence-electron chi connectivity index (χ0n) is 11.8. The number of rotatable bonds is 3. The highest BCUT2D eigenvalue weighted by atomic mass is 16.5. The molecule has 0 aliphatic carbocycles. The SMILES string of the molecule is CCOC(=O)C1=NNc2ccc(-c3ccccc3)cc2C1. The molecule has 0 saturated heterocycles. The number of nitrogens with zero attached hydrogens (tertiary/aromatic N) is 1. The summed E-state index contributed by atoms with van der Waals surface area (Å²) in [7, 11) is 0. The van der Waals surface area contributed by atoms with Gasteiger partial charge in [-0.05, 0) is 35.7 Å². The van der Waals surface area contributed by atoms with Crippen LogP contribution in [0.25, 0.3) is 11.1 Å². The summed E-state index contributed by atoms with van der Waals surface area (Å²) in [5.41, 5.74) is 7.59. The molecule has 0 fully saturated rings. The number of hydrazone groups is 1. The highest BCUT2D eigenvalue weighted by molar-refractivity contribution is 6.37. The van der Waals surface area contributed by atoms with E-state index in [0.29, 0.717) is 18.7 Å². The zero-order valence-corrected chi connectivity index (χ0v) is 11.8. The van der Waals surface area contributed by atoms with Crippen molar-refractivity contribution in [3.63, 3.8) is 0 Å². The van der Waals surface area contributed by atoms with Crippen LogP contribution >= 0.6 is 0 Å². The second kappa shape index (κ2) is 5.79. The molecule has 21 heavy (non-hydrogen) atoms. The minimum absolute atomic E-state index is 0.356. The lowest BCUT2D eigenvalue weighted by molar-refractivity contribution is -0.135. The van der Waals surface area contributed by atoms with Crippen molar-refractivity contribution in [1.82, 2.24) is 0 Å². The molecule has 2 aromatic carbocycles. The molecule has 0 amide bonds. The van der Waals surface area contributed by atoms with E-state index in [1.54, 1.807) is 6.92 Å². The molecule has 1 N–H and O–H groups in total. The lowest BCUT2D eigenvalue weighted by atomic mass is 9.98. The number of nitrogens with one attached hydrogen (secondary N) is 1. The Labute approximate surface area is 123 Å². The fourth-order valence-electron chi connectivity index (χ4n) is 2.34. The predicted octanol–water partition coefficient (Wildman–Crippen LogP) is 3.24. The number of benzene rings is 2. The normalized spacial score (nSPS) is 12.9. The first-order valence-electron chi connectivity index (χ1n) is 6.96. The second-order valence-electron chi connectivity index (χ2n) is 4.81. The van der Waals surface area contributed by atoms with E-state index < -0.39 is 0 Å². The summed E-state index contributed by atoms with van der Waals surface area (Å²) in [6, 6.07) is 16.3. The standard InChI is InChI=1S/C17H16N2O2/c1-2-21-17(20)16-11-14-10-13(8-9-15(14)18-19-16)12-6-4-3-5-7-12/h3-10,18H,2,11H2,1H3. The summed E-state index contributed by atoms with van der Waals surface area (Å²) in [6.45, 7) is 2.14. The van der Waals surface area contributed by atoms with Crippen LogP contribution in [0.1, 0.15) is 12.5 Å². The quantitative estimate of drug-likeness (QED) is 0.878. The first-order valence-corrected chi connectivity index (χ1v) is 6.96. The molecule has 3 rings (SSSR count). The van der Waals surface area contributed by atoms with Crippen LogP contribution in [0.3, 0.4) is 0 Å². The van der Waals surface area contributed by atoms with E-state index in [4.69, 9.17) is 4.74 Å². The fourth-order valence-corrected chi connectivity index (χ4v) is 2.34. The first-order chi connectivity index (χ1) is 10.3. The average molecular weight is 280 g/mol. The summed E-state index contributed by atoms with van der Waals surface area (Å²) in [5, 5.41) is 4.08. The van der Waals surface area contributed by atoms with Crippen molar-refractivity contribution in [3.05, 3.63) is 54.1 Å². The van der Waals surface area contributed by atoms with Crippen molar-refractivity contribution in [3.8, 4) is 11.1 Å². The molecule has 0 unspecified atom stereocenters. The minimum atomic E-state index is -0.360. The van der Waals surface area contributed by atoms with E-state index in [2.05, 4.69) is 28.7 Å². The second-order valence-corrected chi connectivity index (χ2v) is 4.81. The van der Waals surface area contributed by atoms with Gasteiger partial charge < -0.3 is 4.74 Å². The van der Waals surface area contributed by atoms with Crippen molar-refractivity contribution >= 4 is 17.4 Å². The highest BCUT2D eigenvalue weighted by Crippen LogP contribution is 2.27. The van der Waals surface area contributed by atoms with Crippen LogP contribution in [-0.4, -0.2) is 18.3 Å². The summed E-state index contributed by atoms with van der Waals surface area (Å²) in [4.78, 5) is 11.8. The van der Waals surface area contributed by atoms with Gasteiger partial charge in [0, 0.05) is 6.42 Å². The number of hydrogen-bond donors (Lipinski definition) is 1. The Balaban J connectivity index is 1.88. The maximum absolute atomic E-state index is 11.8. The van der Waals surface area contributed by atoms with Gasteiger partial charge in [0.1, 0.15) is 5.71 Å². The van der Waals surface area contributed by atoms with Gasteiger partial charge >= 0.3 is 5.97 Å². The van der Waals surface area contributed by atoms with Gasteiger partial charge in [-0.3, -0.25) is 5.43 Å². The summed E-state index contributed by atoms with van der Waals surface area (Å²) < 4.78 is 5.00. The Morgan fingerprint density at radius 2 is 2.00 bits per heavy atom. The van der Waals surface area contributed by atoms with Crippen LogP contribution in [0.15, 0.2) is 53.6 Å². The minimum Gasteiger partial charge on any atom is -0.461 e. The lowest BCUT2D eigenvalue weighted by Crippen LogP contribution is -2.24. The number of esters is 1. The molecule has 0 saturated carbocycles. The van der Waals surface area contributed by atoms with Crippen LogP contribution in [-0.2, 0) is 16.0 Å². The van der Waals surface area contributed by atoms with E-state index in [1.165, 1.54) is 0 Å². The Bertz CT molecular complexity index is 693. The zero-order chi connectivity index (χ0) is 14.7. The monoisotopic (exact) mass is 280 g/mol. The van der Waals surface area contributed by atoms with Gasteiger partial charge in [-0.25, -0.2) is 4.79 Å². The van der Waals surface area contributed by atoms with E-state index in [9.17, 15) is 4.79 Å². The maximum atomic E-state index is 11.8. The Kier molecular flexibility index (Phi) is 3.69. The Morgan fingerprint density at radius 3 is 2.76 bits per heavy atom. The summed E-state index contributed by atoms with van der Waals surface area (Å²) >= 11 is 0. The van der Waals surface area contributed by atoms with E-state index in [0.717, 1.165) is 22.4 Å². The largest absolute Gasteiger partial charge is 0.461 e.